The molecule has 0 bridgehead atoms. The molecule has 3 aromatic heterocycles. The summed E-state index contributed by atoms with van der Waals surface area (Å²) in [5, 5.41) is 1.27. The predicted octanol–water partition coefficient (Wildman–Crippen LogP) is 9.46. The van der Waals surface area contributed by atoms with Crippen LogP contribution in [0.3, 0.4) is 0 Å². The number of benzene rings is 4. The largest absolute Gasteiger partial charge is 0.318 e. The van der Waals surface area contributed by atoms with Crippen LogP contribution in [0.1, 0.15) is 5.56 Å². The van der Waals surface area contributed by atoms with Crippen LogP contribution < -0.4 is 0 Å². The smallest absolute Gasteiger partial charge is 0.160 e. The molecular formula is C33H22BrN3S. The van der Waals surface area contributed by atoms with Crippen molar-refractivity contribution in [1.82, 2.24) is 14.5 Å². The molecule has 0 radical (unpaired) electrons. The van der Waals surface area contributed by atoms with Crippen LogP contribution >= 0.6 is 27.3 Å². The first-order valence-corrected chi connectivity index (χ1v) is 14.1. The van der Waals surface area contributed by atoms with Gasteiger partial charge in [-0.15, -0.1) is 11.3 Å². The highest BCUT2D eigenvalue weighted by Gasteiger charge is 2.19. The van der Waals surface area contributed by atoms with Crippen molar-refractivity contribution in [3.05, 3.63) is 131 Å². The normalized spacial score (nSPS) is 11.4. The van der Waals surface area contributed by atoms with E-state index < -0.39 is 0 Å². The zero-order valence-corrected chi connectivity index (χ0v) is 22.8. The average Bonchev–Trinajstić information content (AvgIpc) is 3.51. The van der Waals surface area contributed by atoms with E-state index in [1.165, 1.54) is 15.6 Å². The molecule has 0 saturated carbocycles. The molecule has 0 aliphatic carbocycles. The third-order valence-electron chi connectivity index (χ3n) is 6.85. The van der Waals surface area contributed by atoms with Gasteiger partial charge in [0, 0.05) is 15.8 Å². The van der Waals surface area contributed by atoms with Gasteiger partial charge in [0.05, 0.1) is 27.1 Å². The van der Waals surface area contributed by atoms with Crippen LogP contribution in [0, 0.1) is 0 Å². The molecule has 0 aliphatic heterocycles. The molecule has 4 aromatic carbocycles. The third-order valence-corrected chi connectivity index (χ3v) is 8.82. The molecular weight excluding hydrogens is 550 g/mol. The van der Waals surface area contributed by atoms with E-state index in [0.29, 0.717) is 6.54 Å². The number of halogens is 1. The zero-order chi connectivity index (χ0) is 25.5. The molecule has 0 aliphatic rings. The number of thiophene rings is 1. The number of aromatic nitrogens is 3. The van der Waals surface area contributed by atoms with Crippen molar-refractivity contribution in [2.24, 2.45) is 0 Å². The highest BCUT2D eigenvalue weighted by Crippen LogP contribution is 2.38. The maximum atomic E-state index is 5.18. The Hall–Kier alpha value is -4.06. The van der Waals surface area contributed by atoms with Crippen molar-refractivity contribution in [3.8, 4) is 33.9 Å². The van der Waals surface area contributed by atoms with Gasteiger partial charge in [0.15, 0.2) is 5.82 Å². The molecule has 38 heavy (non-hydrogen) atoms. The summed E-state index contributed by atoms with van der Waals surface area (Å²) in [7, 11) is 0. The van der Waals surface area contributed by atoms with Crippen LogP contribution in [0.2, 0.25) is 0 Å². The van der Waals surface area contributed by atoms with Crippen molar-refractivity contribution in [1.29, 1.82) is 0 Å². The Kier molecular flexibility index (Phi) is 5.88. The van der Waals surface area contributed by atoms with Gasteiger partial charge < -0.3 is 4.57 Å². The molecule has 0 amide bonds. The molecule has 0 fully saturated rings. The van der Waals surface area contributed by atoms with Crippen molar-refractivity contribution in [2.75, 3.05) is 0 Å². The highest BCUT2D eigenvalue weighted by molar-refractivity contribution is 9.11. The summed E-state index contributed by atoms with van der Waals surface area (Å²) < 4.78 is 4.73. The fraction of sp³-hybridized carbons (Fsp3) is 0.0303. The van der Waals surface area contributed by atoms with Crippen molar-refractivity contribution in [2.45, 2.75) is 6.54 Å². The second kappa shape index (κ2) is 9.67. The van der Waals surface area contributed by atoms with Gasteiger partial charge in [-0.1, -0.05) is 91.0 Å². The Labute approximate surface area is 233 Å². The van der Waals surface area contributed by atoms with Crippen LogP contribution in [-0.2, 0) is 6.54 Å². The van der Waals surface area contributed by atoms with Gasteiger partial charge in [0.1, 0.15) is 5.69 Å². The Bertz CT molecular complexity index is 1850. The summed E-state index contributed by atoms with van der Waals surface area (Å²) in [6.45, 7) is 0.693. The first-order valence-electron chi connectivity index (χ1n) is 12.5. The van der Waals surface area contributed by atoms with Gasteiger partial charge in [0.25, 0.3) is 0 Å². The molecule has 7 aromatic rings. The van der Waals surface area contributed by atoms with E-state index in [4.69, 9.17) is 9.97 Å². The predicted molar refractivity (Wildman–Crippen MR) is 162 cm³/mol. The van der Waals surface area contributed by atoms with E-state index >= 15 is 0 Å². The second-order valence-corrected chi connectivity index (χ2v) is 11.6. The Morgan fingerprint density at radius 2 is 1.29 bits per heavy atom. The third kappa shape index (κ3) is 4.14. The first-order chi connectivity index (χ1) is 18.7. The summed E-state index contributed by atoms with van der Waals surface area (Å²) >= 11 is 5.63. The lowest BCUT2D eigenvalue weighted by Gasteiger charge is -2.13. The van der Waals surface area contributed by atoms with Gasteiger partial charge in [-0.3, -0.25) is 0 Å². The number of para-hydroxylation sites is 2. The molecule has 3 nitrogen and oxygen atoms in total. The van der Waals surface area contributed by atoms with Gasteiger partial charge in [0.2, 0.25) is 0 Å². The molecule has 5 heteroatoms. The van der Waals surface area contributed by atoms with Gasteiger partial charge >= 0.3 is 0 Å². The van der Waals surface area contributed by atoms with Crippen molar-refractivity contribution >= 4 is 48.4 Å². The summed E-state index contributed by atoms with van der Waals surface area (Å²) in [6.07, 6.45) is 0. The van der Waals surface area contributed by atoms with Crippen molar-refractivity contribution in [3.63, 3.8) is 0 Å². The number of hydrogen-bond acceptors (Lipinski definition) is 3. The van der Waals surface area contributed by atoms with Gasteiger partial charge in [-0.25, -0.2) is 9.97 Å². The molecule has 0 unspecified atom stereocenters. The van der Waals surface area contributed by atoms with Gasteiger partial charge in [-0.2, -0.15) is 0 Å². The number of hydrogen-bond donors (Lipinski definition) is 0. The summed E-state index contributed by atoms with van der Waals surface area (Å²) in [6, 6.07) is 42.1. The van der Waals surface area contributed by atoms with E-state index in [9.17, 15) is 0 Å². The van der Waals surface area contributed by atoms with E-state index in [1.807, 2.05) is 18.2 Å². The first kappa shape index (κ1) is 23.1. The molecule has 182 valence electrons. The summed E-state index contributed by atoms with van der Waals surface area (Å²) in [5.74, 6) is 0.864. The van der Waals surface area contributed by atoms with Gasteiger partial charge in [-0.05, 0) is 62.8 Å². The molecule has 0 atom stereocenters. The maximum Gasteiger partial charge on any atom is 0.160 e. The number of pyridine rings is 1. The minimum Gasteiger partial charge on any atom is -0.318 e. The number of nitrogens with zero attached hydrogens (tertiary/aromatic N) is 3. The number of fused-ring (bicyclic) bond motifs is 2. The SMILES string of the molecule is Brc1sc2ccccc2c1Cn1c(-c2cc(-c3ccccc3)cc(-c3ccccc3)n2)nc2ccccc21. The highest BCUT2D eigenvalue weighted by atomic mass is 79.9. The Balaban J connectivity index is 1.46. The van der Waals surface area contributed by atoms with E-state index in [1.54, 1.807) is 11.3 Å². The van der Waals surface area contributed by atoms with Crippen LogP contribution in [0.5, 0.6) is 0 Å². The molecule has 0 N–H and O–H groups in total. The maximum absolute atomic E-state index is 5.18. The van der Waals surface area contributed by atoms with Crippen molar-refractivity contribution < 1.29 is 0 Å². The van der Waals surface area contributed by atoms with E-state index in [0.717, 1.165) is 48.7 Å². The monoisotopic (exact) mass is 571 g/mol. The lowest BCUT2D eigenvalue weighted by atomic mass is 10.0. The average molecular weight is 573 g/mol. The fourth-order valence-electron chi connectivity index (χ4n) is 5.00. The summed E-state index contributed by atoms with van der Waals surface area (Å²) in [4.78, 5) is 10.3. The topological polar surface area (TPSA) is 30.7 Å². The minimum atomic E-state index is 0.693. The lowest BCUT2D eigenvalue weighted by Crippen LogP contribution is -2.04. The number of imidazole rings is 1. The minimum absolute atomic E-state index is 0.693. The fourth-order valence-corrected chi connectivity index (χ4v) is 6.81. The molecule has 7 rings (SSSR count). The molecule has 0 spiro atoms. The standard InChI is InChI=1S/C33H22BrN3S/c34-32-26(25-15-7-10-18-31(25)38-32)21-37-30-17-9-8-16-27(30)36-33(37)29-20-24(22-11-3-1-4-12-22)19-28(35-29)23-13-5-2-6-14-23/h1-20H,21H2. The van der Waals surface area contributed by atoms with Crippen LogP contribution in [0.4, 0.5) is 0 Å². The van der Waals surface area contributed by atoms with E-state index in [-0.39, 0.29) is 0 Å². The summed E-state index contributed by atoms with van der Waals surface area (Å²) in [5.41, 5.74) is 8.47. The van der Waals surface area contributed by atoms with E-state index in [2.05, 4.69) is 124 Å². The Morgan fingerprint density at radius 3 is 2.11 bits per heavy atom. The molecule has 3 heterocycles. The van der Waals surface area contributed by atoms with Crippen LogP contribution in [-0.4, -0.2) is 14.5 Å². The molecule has 0 saturated heterocycles. The lowest BCUT2D eigenvalue weighted by molar-refractivity contribution is 0.836. The second-order valence-electron chi connectivity index (χ2n) is 9.22. The Morgan fingerprint density at radius 1 is 0.632 bits per heavy atom. The quantitative estimate of drug-likeness (QED) is 0.206. The number of rotatable bonds is 5. The van der Waals surface area contributed by atoms with Crippen LogP contribution in [0.25, 0.3) is 55.0 Å². The zero-order valence-electron chi connectivity index (χ0n) is 20.4. The van der Waals surface area contributed by atoms with Crippen LogP contribution in [0.15, 0.2) is 125 Å².